The smallest absolute Gasteiger partial charge is 0.123 e. The lowest BCUT2D eigenvalue weighted by atomic mass is 9.86. The minimum atomic E-state index is 0.438. The fraction of sp³-hybridized carbons (Fsp3) is 0.625. The maximum absolute atomic E-state index is 5.93. The Hall–Kier alpha value is -1.06. The van der Waals surface area contributed by atoms with E-state index in [1.165, 1.54) is 36.8 Å². The van der Waals surface area contributed by atoms with Gasteiger partial charge in [0.25, 0.3) is 0 Å². The van der Waals surface area contributed by atoms with E-state index < -0.39 is 0 Å². The third-order valence-electron chi connectivity index (χ3n) is 4.08. The Kier molecular flexibility index (Phi) is 5.23. The molecule has 0 saturated heterocycles. The molecule has 1 saturated carbocycles. The van der Waals surface area contributed by atoms with Gasteiger partial charge >= 0.3 is 0 Å². The molecule has 0 aliphatic heterocycles. The summed E-state index contributed by atoms with van der Waals surface area (Å²) in [6.07, 6.45) is 4.89. The molecule has 1 aromatic rings. The molecule has 0 spiro atoms. The molecular formula is C16H26N2O. The summed E-state index contributed by atoms with van der Waals surface area (Å²) in [4.78, 5) is 0. The van der Waals surface area contributed by atoms with Crippen LogP contribution in [0.25, 0.3) is 0 Å². The van der Waals surface area contributed by atoms with Crippen molar-refractivity contribution < 1.29 is 4.74 Å². The molecule has 19 heavy (non-hydrogen) atoms. The van der Waals surface area contributed by atoms with Crippen LogP contribution in [0, 0.1) is 12.8 Å². The van der Waals surface area contributed by atoms with Crippen molar-refractivity contribution in [3.05, 3.63) is 29.3 Å². The first-order chi connectivity index (χ1) is 9.19. The Morgan fingerprint density at radius 1 is 1.26 bits per heavy atom. The summed E-state index contributed by atoms with van der Waals surface area (Å²) < 4.78 is 5.40. The van der Waals surface area contributed by atoms with Crippen molar-refractivity contribution in [1.82, 2.24) is 5.32 Å². The van der Waals surface area contributed by atoms with Crippen LogP contribution in [0.2, 0.25) is 0 Å². The molecule has 2 rings (SSSR count). The molecule has 106 valence electrons. The van der Waals surface area contributed by atoms with Crippen molar-refractivity contribution in [2.45, 2.75) is 45.2 Å². The standard InChI is InChI=1S/C16H26N2O/c1-12-3-8-16(19-2)14(9-12)11-18-10-13-4-6-15(17)7-5-13/h3,8-9,13,15,18H,4-7,10-11,17H2,1-2H3. The molecule has 0 atom stereocenters. The Balaban J connectivity index is 1.80. The molecule has 1 aliphatic rings. The highest BCUT2D eigenvalue weighted by atomic mass is 16.5. The molecule has 0 bridgehead atoms. The van der Waals surface area contributed by atoms with Crippen molar-refractivity contribution in [2.75, 3.05) is 13.7 Å². The van der Waals surface area contributed by atoms with Crippen molar-refractivity contribution in [3.8, 4) is 5.75 Å². The van der Waals surface area contributed by atoms with Crippen LogP contribution in [0.4, 0.5) is 0 Å². The second-order valence-electron chi connectivity index (χ2n) is 5.73. The first kappa shape index (κ1) is 14.4. The number of methoxy groups -OCH3 is 1. The van der Waals surface area contributed by atoms with Gasteiger partial charge < -0.3 is 15.8 Å². The van der Waals surface area contributed by atoms with E-state index in [4.69, 9.17) is 10.5 Å². The van der Waals surface area contributed by atoms with Crippen molar-refractivity contribution >= 4 is 0 Å². The maximum atomic E-state index is 5.93. The molecule has 1 aliphatic carbocycles. The van der Waals surface area contributed by atoms with E-state index >= 15 is 0 Å². The van der Waals surface area contributed by atoms with Gasteiger partial charge in [0.2, 0.25) is 0 Å². The minimum Gasteiger partial charge on any atom is -0.496 e. The van der Waals surface area contributed by atoms with Gasteiger partial charge in [0.15, 0.2) is 0 Å². The third-order valence-corrected chi connectivity index (χ3v) is 4.08. The highest BCUT2D eigenvalue weighted by Gasteiger charge is 2.18. The number of aryl methyl sites for hydroxylation is 1. The summed E-state index contributed by atoms with van der Waals surface area (Å²) in [7, 11) is 1.73. The summed E-state index contributed by atoms with van der Waals surface area (Å²) in [5.74, 6) is 1.76. The van der Waals surface area contributed by atoms with Gasteiger partial charge in [0, 0.05) is 18.2 Å². The zero-order valence-corrected chi connectivity index (χ0v) is 12.1. The van der Waals surface area contributed by atoms with E-state index in [1.807, 2.05) is 6.07 Å². The van der Waals surface area contributed by atoms with E-state index in [-0.39, 0.29) is 0 Å². The van der Waals surface area contributed by atoms with E-state index in [9.17, 15) is 0 Å². The van der Waals surface area contributed by atoms with Crippen LogP contribution < -0.4 is 15.8 Å². The average Bonchev–Trinajstić information content (AvgIpc) is 2.41. The fourth-order valence-corrected chi connectivity index (χ4v) is 2.85. The van der Waals surface area contributed by atoms with Crippen molar-refractivity contribution in [1.29, 1.82) is 0 Å². The lowest BCUT2D eigenvalue weighted by Crippen LogP contribution is -2.31. The molecule has 0 unspecified atom stereocenters. The molecule has 0 heterocycles. The van der Waals surface area contributed by atoms with Gasteiger partial charge in [-0.1, -0.05) is 17.7 Å². The quantitative estimate of drug-likeness (QED) is 0.857. The SMILES string of the molecule is COc1ccc(C)cc1CNCC1CCC(N)CC1. The van der Waals surface area contributed by atoms with Crippen LogP contribution in [0.5, 0.6) is 5.75 Å². The van der Waals surface area contributed by atoms with Crippen LogP contribution in [0.3, 0.4) is 0 Å². The number of hydrogen-bond acceptors (Lipinski definition) is 3. The van der Waals surface area contributed by atoms with Crippen LogP contribution >= 0.6 is 0 Å². The predicted octanol–water partition coefficient (Wildman–Crippen LogP) is 2.61. The number of benzene rings is 1. The number of nitrogens with two attached hydrogens (primary N) is 1. The zero-order valence-electron chi connectivity index (χ0n) is 12.1. The first-order valence-electron chi connectivity index (χ1n) is 7.29. The summed E-state index contributed by atoms with van der Waals surface area (Å²) in [6, 6.07) is 6.77. The van der Waals surface area contributed by atoms with Crippen LogP contribution in [-0.2, 0) is 6.54 Å². The van der Waals surface area contributed by atoms with Gasteiger partial charge in [-0.3, -0.25) is 0 Å². The second-order valence-corrected chi connectivity index (χ2v) is 5.73. The van der Waals surface area contributed by atoms with E-state index in [0.717, 1.165) is 24.8 Å². The summed E-state index contributed by atoms with van der Waals surface area (Å²) in [6.45, 7) is 4.09. The van der Waals surface area contributed by atoms with Crippen molar-refractivity contribution in [3.63, 3.8) is 0 Å². The first-order valence-corrected chi connectivity index (χ1v) is 7.29. The monoisotopic (exact) mass is 262 g/mol. The van der Waals surface area contributed by atoms with Gasteiger partial charge in [0.1, 0.15) is 5.75 Å². The Morgan fingerprint density at radius 2 is 2.00 bits per heavy atom. The Labute approximate surface area is 116 Å². The number of rotatable bonds is 5. The van der Waals surface area contributed by atoms with E-state index in [0.29, 0.717) is 6.04 Å². The van der Waals surface area contributed by atoms with Crippen molar-refractivity contribution in [2.24, 2.45) is 11.7 Å². The fourth-order valence-electron chi connectivity index (χ4n) is 2.85. The molecule has 0 radical (unpaired) electrons. The van der Waals surface area contributed by atoms with Crippen LogP contribution in [0.1, 0.15) is 36.8 Å². The van der Waals surface area contributed by atoms with Gasteiger partial charge in [-0.25, -0.2) is 0 Å². The van der Waals surface area contributed by atoms with Gasteiger partial charge in [-0.05, 0) is 51.1 Å². The normalized spacial score (nSPS) is 23.3. The molecule has 3 heteroatoms. The highest BCUT2D eigenvalue weighted by Crippen LogP contribution is 2.23. The molecule has 0 aromatic heterocycles. The topological polar surface area (TPSA) is 47.3 Å². The highest BCUT2D eigenvalue weighted by molar-refractivity contribution is 5.36. The van der Waals surface area contributed by atoms with E-state index in [2.05, 4.69) is 24.4 Å². The summed E-state index contributed by atoms with van der Waals surface area (Å²) in [5.41, 5.74) is 8.46. The number of nitrogens with one attached hydrogen (secondary N) is 1. The number of hydrogen-bond donors (Lipinski definition) is 2. The Bertz CT molecular complexity index is 398. The largest absolute Gasteiger partial charge is 0.496 e. The average molecular weight is 262 g/mol. The minimum absolute atomic E-state index is 0.438. The predicted molar refractivity (Wildman–Crippen MR) is 79.4 cm³/mol. The molecular weight excluding hydrogens is 236 g/mol. The lowest BCUT2D eigenvalue weighted by molar-refractivity contribution is 0.313. The summed E-state index contributed by atoms with van der Waals surface area (Å²) >= 11 is 0. The molecule has 0 amide bonds. The number of ether oxygens (including phenoxy) is 1. The molecule has 3 N–H and O–H groups in total. The Morgan fingerprint density at radius 3 is 2.68 bits per heavy atom. The third kappa shape index (κ3) is 4.22. The van der Waals surface area contributed by atoms with Crippen LogP contribution in [0.15, 0.2) is 18.2 Å². The second kappa shape index (κ2) is 6.92. The lowest BCUT2D eigenvalue weighted by Gasteiger charge is -2.26. The molecule has 3 nitrogen and oxygen atoms in total. The summed E-state index contributed by atoms with van der Waals surface area (Å²) in [5, 5.41) is 3.57. The zero-order chi connectivity index (χ0) is 13.7. The van der Waals surface area contributed by atoms with E-state index in [1.54, 1.807) is 7.11 Å². The van der Waals surface area contributed by atoms with Crippen LogP contribution in [-0.4, -0.2) is 19.7 Å². The van der Waals surface area contributed by atoms with Gasteiger partial charge in [-0.15, -0.1) is 0 Å². The molecule has 1 fully saturated rings. The van der Waals surface area contributed by atoms with Gasteiger partial charge in [0.05, 0.1) is 7.11 Å². The van der Waals surface area contributed by atoms with Gasteiger partial charge in [-0.2, -0.15) is 0 Å². The molecule has 1 aromatic carbocycles. The maximum Gasteiger partial charge on any atom is 0.123 e.